The lowest BCUT2D eigenvalue weighted by atomic mass is 10.0. The van der Waals surface area contributed by atoms with E-state index in [2.05, 4.69) is 10.6 Å². The number of sulfonamides is 1. The molecular formula is C20H23N3O5S2. The second-order valence-corrected chi connectivity index (χ2v) is 10.1. The Kier molecular flexibility index (Phi) is 6.57. The van der Waals surface area contributed by atoms with Crippen LogP contribution in [-0.4, -0.2) is 45.4 Å². The van der Waals surface area contributed by atoms with Crippen LogP contribution < -0.4 is 14.9 Å². The average Bonchev–Trinajstić information content (AvgIpc) is 3.16. The lowest BCUT2D eigenvalue weighted by molar-refractivity contribution is -0.136. The number of benzene rings is 1. The summed E-state index contributed by atoms with van der Waals surface area (Å²) in [5.74, 6) is -1.61. The van der Waals surface area contributed by atoms with Gasteiger partial charge in [0, 0.05) is 23.7 Å². The van der Waals surface area contributed by atoms with Gasteiger partial charge in [-0.2, -0.15) is 0 Å². The fourth-order valence-electron chi connectivity index (χ4n) is 3.23. The maximum atomic E-state index is 12.2. The Morgan fingerprint density at radius 1 is 1.13 bits per heavy atom. The van der Waals surface area contributed by atoms with Gasteiger partial charge in [-0.3, -0.25) is 18.7 Å². The fourth-order valence-corrected chi connectivity index (χ4v) is 5.12. The zero-order valence-electron chi connectivity index (χ0n) is 16.7. The van der Waals surface area contributed by atoms with Gasteiger partial charge in [-0.25, -0.2) is 8.42 Å². The predicted octanol–water partition coefficient (Wildman–Crippen LogP) is 1.96. The summed E-state index contributed by atoms with van der Waals surface area (Å²) in [7, 11) is -3.42. The van der Waals surface area contributed by atoms with Gasteiger partial charge in [-0.15, -0.1) is 11.3 Å². The SMILES string of the molecule is CC(=O)c1ccc(CCNC(=O)C(=O)Nc2ccc3c(c2)N(S(C)(=O)=O)CCC3)s1. The predicted molar refractivity (Wildman–Crippen MR) is 117 cm³/mol. The molecule has 0 fully saturated rings. The molecule has 2 aromatic rings. The van der Waals surface area contributed by atoms with Crippen LogP contribution in [0, 0.1) is 0 Å². The Labute approximate surface area is 179 Å². The van der Waals surface area contributed by atoms with Gasteiger partial charge in [-0.1, -0.05) is 6.07 Å². The minimum absolute atomic E-state index is 0.00542. The van der Waals surface area contributed by atoms with Crippen molar-refractivity contribution >= 4 is 50.3 Å². The first-order chi connectivity index (χ1) is 14.1. The van der Waals surface area contributed by atoms with E-state index in [1.54, 1.807) is 24.3 Å². The molecule has 1 aromatic heterocycles. The first-order valence-corrected chi connectivity index (χ1v) is 12.1. The van der Waals surface area contributed by atoms with E-state index in [9.17, 15) is 22.8 Å². The molecule has 2 amide bonds. The van der Waals surface area contributed by atoms with Crippen molar-refractivity contribution in [1.82, 2.24) is 5.32 Å². The topological polar surface area (TPSA) is 113 Å². The number of amides is 2. The molecule has 1 aliphatic rings. The van der Waals surface area contributed by atoms with E-state index in [0.29, 0.717) is 29.2 Å². The molecule has 1 aromatic carbocycles. The Morgan fingerprint density at radius 2 is 1.90 bits per heavy atom. The van der Waals surface area contributed by atoms with Crippen molar-refractivity contribution in [3.05, 3.63) is 45.6 Å². The molecule has 0 radical (unpaired) electrons. The molecule has 160 valence electrons. The summed E-state index contributed by atoms with van der Waals surface area (Å²) in [5, 5.41) is 5.07. The molecule has 30 heavy (non-hydrogen) atoms. The quantitative estimate of drug-likeness (QED) is 0.517. The number of nitrogens with one attached hydrogen (secondary N) is 2. The normalized spacial score (nSPS) is 13.5. The number of anilines is 2. The number of aryl methyl sites for hydroxylation is 1. The van der Waals surface area contributed by atoms with Crippen molar-refractivity contribution in [3.8, 4) is 0 Å². The molecule has 0 spiro atoms. The zero-order chi connectivity index (χ0) is 21.9. The Balaban J connectivity index is 1.58. The van der Waals surface area contributed by atoms with Crippen LogP contribution in [0.3, 0.4) is 0 Å². The molecule has 2 heterocycles. The van der Waals surface area contributed by atoms with Crippen molar-refractivity contribution in [2.45, 2.75) is 26.2 Å². The molecule has 1 aliphatic heterocycles. The van der Waals surface area contributed by atoms with Gasteiger partial charge in [0.05, 0.1) is 16.8 Å². The number of hydrogen-bond acceptors (Lipinski definition) is 6. The maximum Gasteiger partial charge on any atom is 0.313 e. The van der Waals surface area contributed by atoms with Gasteiger partial charge >= 0.3 is 11.8 Å². The monoisotopic (exact) mass is 449 g/mol. The van der Waals surface area contributed by atoms with Gasteiger partial charge in [-0.05, 0) is 56.0 Å². The van der Waals surface area contributed by atoms with Gasteiger partial charge in [0.25, 0.3) is 0 Å². The zero-order valence-corrected chi connectivity index (χ0v) is 18.4. The lowest BCUT2D eigenvalue weighted by Crippen LogP contribution is -2.37. The summed E-state index contributed by atoms with van der Waals surface area (Å²) in [6, 6.07) is 8.57. The van der Waals surface area contributed by atoms with E-state index in [1.165, 1.54) is 22.6 Å². The standard InChI is InChI=1S/C20H23N3O5S2/c1-13(24)18-8-7-16(29-18)9-10-21-19(25)20(26)22-15-6-5-14-4-3-11-23(17(14)12-15)30(2,27)28/h5-8,12H,3-4,9-11H2,1-2H3,(H,21,25)(H,22,26). The van der Waals surface area contributed by atoms with E-state index in [0.717, 1.165) is 29.5 Å². The van der Waals surface area contributed by atoms with E-state index >= 15 is 0 Å². The van der Waals surface area contributed by atoms with Crippen molar-refractivity contribution in [3.63, 3.8) is 0 Å². The van der Waals surface area contributed by atoms with E-state index < -0.39 is 21.8 Å². The molecule has 0 atom stereocenters. The summed E-state index contributed by atoms with van der Waals surface area (Å²) in [6.07, 6.45) is 3.14. The van der Waals surface area contributed by atoms with E-state index in [1.807, 2.05) is 6.07 Å². The van der Waals surface area contributed by atoms with Gasteiger partial charge in [0.1, 0.15) is 0 Å². The number of hydrogen-bond donors (Lipinski definition) is 2. The van der Waals surface area contributed by atoms with Crippen LogP contribution in [0.1, 0.15) is 33.5 Å². The van der Waals surface area contributed by atoms with Crippen LogP contribution in [0.2, 0.25) is 0 Å². The highest BCUT2D eigenvalue weighted by Gasteiger charge is 2.24. The minimum atomic E-state index is -3.42. The Morgan fingerprint density at radius 3 is 2.57 bits per heavy atom. The van der Waals surface area contributed by atoms with Crippen LogP contribution in [-0.2, 0) is 32.5 Å². The first kappa shape index (κ1) is 22.0. The third-order valence-electron chi connectivity index (χ3n) is 4.69. The summed E-state index contributed by atoms with van der Waals surface area (Å²) < 4.78 is 25.4. The molecule has 2 N–H and O–H groups in total. The van der Waals surface area contributed by atoms with Crippen LogP contribution in [0.15, 0.2) is 30.3 Å². The summed E-state index contributed by atoms with van der Waals surface area (Å²) >= 11 is 1.36. The molecule has 0 aliphatic carbocycles. The summed E-state index contributed by atoms with van der Waals surface area (Å²) in [6.45, 7) is 2.14. The van der Waals surface area contributed by atoms with Crippen LogP contribution >= 0.6 is 11.3 Å². The molecule has 10 heteroatoms. The second-order valence-electron chi connectivity index (χ2n) is 7.06. The van der Waals surface area contributed by atoms with Gasteiger partial charge < -0.3 is 10.6 Å². The number of rotatable bonds is 6. The highest BCUT2D eigenvalue weighted by molar-refractivity contribution is 7.92. The number of nitrogens with zero attached hydrogens (tertiary/aromatic N) is 1. The molecule has 0 saturated carbocycles. The van der Waals surface area contributed by atoms with Crippen molar-refractivity contribution in [2.75, 3.05) is 29.0 Å². The van der Waals surface area contributed by atoms with Gasteiger partial charge in [0.15, 0.2) is 5.78 Å². The van der Waals surface area contributed by atoms with Crippen molar-refractivity contribution < 1.29 is 22.8 Å². The molecule has 3 rings (SSSR count). The van der Waals surface area contributed by atoms with E-state index in [4.69, 9.17) is 0 Å². The maximum absolute atomic E-state index is 12.2. The van der Waals surface area contributed by atoms with Crippen molar-refractivity contribution in [2.24, 2.45) is 0 Å². The number of carbonyl (C=O) groups is 3. The third-order valence-corrected chi connectivity index (χ3v) is 7.12. The molecule has 0 bridgehead atoms. The number of Topliss-reactive ketones (excluding diaryl/α,β-unsaturated/α-hetero) is 1. The second kappa shape index (κ2) is 8.97. The number of ketones is 1. The molecule has 0 saturated heterocycles. The number of fused-ring (bicyclic) bond motifs is 1. The highest BCUT2D eigenvalue weighted by atomic mass is 32.2. The van der Waals surface area contributed by atoms with Crippen LogP contribution in [0.25, 0.3) is 0 Å². The first-order valence-electron chi connectivity index (χ1n) is 9.44. The van der Waals surface area contributed by atoms with E-state index in [-0.39, 0.29) is 12.3 Å². The minimum Gasteiger partial charge on any atom is -0.347 e. The van der Waals surface area contributed by atoms with Crippen LogP contribution in [0.4, 0.5) is 11.4 Å². The average molecular weight is 450 g/mol. The third kappa shape index (κ3) is 5.25. The lowest BCUT2D eigenvalue weighted by Gasteiger charge is -2.29. The summed E-state index contributed by atoms with van der Waals surface area (Å²) in [4.78, 5) is 37.2. The number of thiophene rings is 1. The summed E-state index contributed by atoms with van der Waals surface area (Å²) in [5.41, 5.74) is 1.77. The Bertz CT molecular complexity index is 1090. The largest absolute Gasteiger partial charge is 0.347 e. The Hall–Kier alpha value is -2.72. The van der Waals surface area contributed by atoms with Crippen molar-refractivity contribution in [1.29, 1.82) is 0 Å². The smallest absolute Gasteiger partial charge is 0.313 e. The number of carbonyl (C=O) groups excluding carboxylic acids is 3. The van der Waals surface area contributed by atoms with Gasteiger partial charge in [0.2, 0.25) is 10.0 Å². The molecular weight excluding hydrogens is 426 g/mol. The molecule has 8 nitrogen and oxygen atoms in total. The molecule has 0 unspecified atom stereocenters. The fraction of sp³-hybridized carbons (Fsp3) is 0.350. The highest BCUT2D eigenvalue weighted by Crippen LogP contribution is 2.31. The van der Waals surface area contributed by atoms with Crippen LogP contribution in [0.5, 0.6) is 0 Å².